The monoisotopic (exact) mass is 759 g/mol. The van der Waals surface area contributed by atoms with Crippen molar-refractivity contribution in [1.82, 2.24) is 0 Å². The van der Waals surface area contributed by atoms with Crippen LogP contribution in [-0.4, -0.2) is 151 Å². The molecule has 0 aromatic rings. The summed E-state index contributed by atoms with van der Waals surface area (Å²) in [5.41, 5.74) is 0. The largest absolute Gasteiger partial charge is 0.379 e. The van der Waals surface area contributed by atoms with Crippen molar-refractivity contribution in [2.75, 3.05) is 151 Å². The van der Waals surface area contributed by atoms with Gasteiger partial charge < -0.3 is 52.1 Å². The van der Waals surface area contributed by atoms with Gasteiger partial charge in [-0.1, -0.05) is 84.0 Å². The van der Waals surface area contributed by atoms with Gasteiger partial charge in [0.05, 0.1) is 132 Å². The topological polar surface area (TPSA) is 102 Å². The lowest BCUT2D eigenvalue weighted by Gasteiger charge is -2.09. The van der Waals surface area contributed by atoms with E-state index in [4.69, 9.17) is 63.7 Å². The maximum atomic E-state index is 5.66. The molecule has 0 heterocycles. The minimum Gasteiger partial charge on any atom is -0.379 e. The van der Waals surface area contributed by atoms with E-state index in [9.17, 15) is 0 Å². The smallest absolute Gasteiger partial charge is 0.0701 e. The molecule has 11 nitrogen and oxygen atoms in total. The van der Waals surface area contributed by atoms with E-state index in [1.54, 1.807) is 0 Å². The van der Waals surface area contributed by atoms with Crippen LogP contribution in [0.2, 0.25) is 0 Å². The summed E-state index contributed by atoms with van der Waals surface area (Å²) in [4.78, 5) is 0. The van der Waals surface area contributed by atoms with Crippen LogP contribution in [-0.2, 0) is 52.1 Å². The Morgan fingerprint density at radius 1 is 0.216 bits per heavy atom. The normalized spacial score (nSPS) is 11.6. The van der Waals surface area contributed by atoms with Crippen LogP contribution in [0.25, 0.3) is 0 Å². The minimum absolute atomic E-state index is 0.524. The van der Waals surface area contributed by atoms with Gasteiger partial charge in [-0.2, -0.15) is 0 Å². The Labute approximate surface area is 317 Å². The Hall–Kier alpha value is -0.150. The zero-order chi connectivity index (χ0) is 36.6. The van der Waals surface area contributed by atoms with E-state index >= 15 is 0 Å². The molecule has 0 radical (unpaired) electrons. The summed E-state index contributed by atoms with van der Waals surface area (Å²) in [6, 6.07) is 0. The number of halogens is 1. The molecule has 308 valence electrons. The zero-order valence-corrected chi connectivity index (χ0v) is 33.5. The van der Waals surface area contributed by atoms with Crippen LogP contribution in [0, 0.1) is 0 Å². The molecule has 0 aromatic carbocycles. The summed E-state index contributed by atoms with van der Waals surface area (Å²) >= 11 is 5.66. The van der Waals surface area contributed by atoms with Crippen LogP contribution in [0.15, 0.2) is 0 Å². The minimum atomic E-state index is 0.524. The summed E-state index contributed by atoms with van der Waals surface area (Å²) in [5.74, 6) is 0.746. The number of hydrogen-bond donors (Lipinski definition) is 0. The Balaban J connectivity index is 3.04. The Morgan fingerprint density at radius 3 is 0.608 bits per heavy atom. The molecule has 51 heavy (non-hydrogen) atoms. The van der Waals surface area contributed by atoms with Gasteiger partial charge in [-0.3, -0.25) is 0 Å². The first kappa shape index (κ1) is 50.9. The maximum absolute atomic E-state index is 5.66. The number of hydrogen-bond acceptors (Lipinski definition) is 11. The molecule has 0 bridgehead atoms. The molecule has 0 rings (SSSR count). The Kier molecular flexibility index (Phi) is 49.7. The quantitative estimate of drug-likeness (QED) is 0.0462. The van der Waals surface area contributed by atoms with E-state index in [0.29, 0.717) is 132 Å². The average Bonchev–Trinajstić information content (AvgIpc) is 3.14. The lowest BCUT2D eigenvalue weighted by atomic mass is 10.1. The van der Waals surface area contributed by atoms with E-state index in [1.165, 1.54) is 77.0 Å². The van der Waals surface area contributed by atoms with Gasteiger partial charge in [0.25, 0.3) is 0 Å². The fraction of sp³-hybridized carbons (Fsp3) is 1.00. The molecule has 0 unspecified atom stereocenters. The van der Waals surface area contributed by atoms with Gasteiger partial charge in [0.2, 0.25) is 0 Å². The summed E-state index contributed by atoms with van der Waals surface area (Å²) in [6.07, 6.45) is 19.4. The molecular formula is C39H79ClO11. The van der Waals surface area contributed by atoms with Crippen molar-refractivity contribution in [2.24, 2.45) is 0 Å². The second kappa shape index (κ2) is 49.9. The third-order valence-electron chi connectivity index (χ3n) is 7.78. The standard InChI is InChI=1S/C39H79ClO11/c1-2-3-4-5-6-7-8-9-10-12-15-18-41-20-22-43-24-26-45-28-30-47-32-34-49-36-38-51-39-37-50-35-33-48-31-29-46-27-25-44-23-21-42-19-16-13-11-14-17-40/h2-39H2,1H3. The molecule has 0 aliphatic carbocycles. The molecule has 0 aliphatic rings. The average molecular weight is 760 g/mol. The van der Waals surface area contributed by atoms with Crippen LogP contribution >= 0.6 is 11.6 Å². The van der Waals surface area contributed by atoms with E-state index in [1.807, 2.05) is 0 Å². The molecule has 0 saturated heterocycles. The van der Waals surface area contributed by atoms with Gasteiger partial charge in [-0.05, 0) is 19.3 Å². The SMILES string of the molecule is CCCCCCCCCCCCCOCCOCCOCCOCCOCCOCCOCCOCCOCCOCCOCCCCCCCl. The van der Waals surface area contributed by atoms with E-state index < -0.39 is 0 Å². The second-order valence-corrected chi connectivity index (χ2v) is 12.8. The molecule has 0 atom stereocenters. The van der Waals surface area contributed by atoms with Gasteiger partial charge >= 0.3 is 0 Å². The van der Waals surface area contributed by atoms with Crippen LogP contribution in [0.4, 0.5) is 0 Å². The van der Waals surface area contributed by atoms with Crippen molar-refractivity contribution in [3.63, 3.8) is 0 Å². The first-order valence-corrected chi connectivity index (χ1v) is 20.9. The fourth-order valence-corrected chi connectivity index (χ4v) is 5.01. The molecule has 0 amide bonds. The van der Waals surface area contributed by atoms with Crippen molar-refractivity contribution in [3.8, 4) is 0 Å². The number of alkyl halides is 1. The fourth-order valence-electron chi connectivity index (χ4n) is 4.82. The number of rotatable bonds is 48. The van der Waals surface area contributed by atoms with Gasteiger partial charge in [0.1, 0.15) is 0 Å². The van der Waals surface area contributed by atoms with Crippen molar-refractivity contribution < 1.29 is 52.1 Å². The lowest BCUT2D eigenvalue weighted by molar-refractivity contribution is -0.0275. The molecule has 0 fully saturated rings. The zero-order valence-electron chi connectivity index (χ0n) is 32.7. The molecule has 0 aromatic heterocycles. The lowest BCUT2D eigenvalue weighted by Crippen LogP contribution is -2.15. The van der Waals surface area contributed by atoms with Crippen molar-refractivity contribution in [2.45, 2.75) is 103 Å². The number of unbranched alkanes of at least 4 members (excludes halogenated alkanes) is 13. The molecule has 0 spiro atoms. The highest BCUT2D eigenvalue weighted by atomic mass is 35.5. The summed E-state index contributed by atoms with van der Waals surface area (Å²) in [7, 11) is 0. The molecular weight excluding hydrogens is 680 g/mol. The van der Waals surface area contributed by atoms with Crippen LogP contribution in [0.1, 0.15) is 103 Å². The van der Waals surface area contributed by atoms with Crippen LogP contribution < -0.4 is 0 Å². The van der Waals surface area contributed by atoms with Crippen molar-refractivity contribution in [3.05, 3.63) is 0 Å². The van der Waals surface area contributed by atoms with Crippen LogP contribution in [0.3, 0.4) is 0 Å². The van der Waals surface area contributed by atoms with Gasteiger partial charge in [0.15, 0.2) is 0 Å². The van der Waals surface area contributed by atoms with E-state index in [-0.39, 0.29) is 0 Å². The van der Waals surface area contributed by atoms with Gasteiger partial charge in [-0.15, -0.1) is 11.6 Å². The van der Waals surface area contributed by atoms with Crippen LogP contribution in [0.5, 0.6) is 0 Å². The Morgan fingerprint density at radius 2 is 0.392 bits per heavy atom. The predicted octanol–water partition coefficient (Wildman–Crippen LogP) is 7.28. The number of ether oxygens (including phenoxy) is 11. The maximum Gasteiger partial charge on any atom is 0.0701 e. The second-order valence-electron chi connectivity index (χ2n) is 12.4. The summed E-state index contributed by atoms with van der Waals surface area (Å²) in [5, 5.41) is 0. The molecule has 0 N–H and O–H groups in total. The molecule has 12 heteroatoms. The molecule has 0 saturated carbocycles. The predicted molar refractivity (Wildman–Crippen MR) is 205 cm³/mol. The summed E-state index contributed by atoms with van der Waals surface area (Å²) < 4.78 is 60.8. The first-order chi connectivity index (χ1) is 25.4. The van der Waals surface area contributed by atoms with E-state index in [2.05, 4.69) is 6.92 Å². The highest BCUT2D eigenvalue weighted by molar-refractivity contribution is 6.17. The molecule has 0 aliphatic heterocycles. The van der Waals surface area contributed by atoms with Gasteiger partial charge in [0, 0.05) is 19.1 Å². The van der Waals surface area contributed by atoms with Crippen molar-refractivity contribution >= 4 is 11.6 Å². The summed E-state index contributed by atoms with van der Waals surface area (Å²) in [6.45, 7) is 15.0. The van der Waals surface area contributed by atoms with Crippen molar-refractivity contribution in [1.29, 1.82) is 0 Å². The third-order valence-corrected chi connectivity index (χ3v) is 8.05. The van der Waals surface area contributed by atoms with E-state index in [0.717, 1.165) is 38.4 Å². The highest BCUT2D eigenvalue weighted by Gasteiger charge is 1.98. The van der Waals surface area contributed by atoms with Gasteiger partial charge in [-0.25, -0.2) is 0 Å². The first-order valence-electron chi connectivity index (χ1n) is 20.3. The Bertz CT molecular complexity index is 547. The highest BCUT2D eigenvalue weighted by Crippen LogP contribution is 2.11. The third kappa shape index (κ3) is 49.9.